The predicted molar refractivity (Wildman–Crippen MR) is 108 cm³/mol. The van der Waals surface area contributed by atoms with Crippen molar-refractivity contribution in [2.75, 3.05) is 25.0 Å². The van der Waals surface area contributed by atoms with Gasteiger partial charge >= 0.3 is 0 Å². The van der Waals surface area contributed by atoms with E-state index in [9.17, 15) is 18.4 Å². The first-order chi connectivity index (χ1) is 13.9. The number of hydrogen-bond acceptors (Lipinski definition) is 5. The Labute approximate surface area is 172 Å². The summed E-state index contributed by atoms with van der Waals surface area (Å²) in [5, 5.41) is 7.09. The van der Waals surface area contributed by atoms with Gasteiger partial charge in [-0.05, 0) is 50.9 Å². The Morgan fingerprint density at radius 1 is 1.24 bits per heavy atom. The van der Waals surface area contributed by atoms with E-state index in [0.717, 1.165) is 43.0 Å². The minimum Gasteiger partial charge on any atom is -0.351 e. The number of hydrogen-bond donors (Lipinski definition) is 2. The second-order valence-electron chi connectivity index (χ2n) is 7.11. The van der Waals surface area contributed by atoms with Gasteiger partial charge in [-0.1, -0.05) is 6.42 Å². The quantitative estimate of drug-likeness (QED) is 0.668. The number of thiazole rings is 1. The molecule has 1 saturated heterocycles. The van der Waals surface area contributed by atoms with Crippen LogP contribution in [0.15, 0.2) is 23.6 Å². The molecular weight excluding hydrogens is 398 g/mol. The Balaban J connectivity index is 1.45. The van der Waals surface area contributed by atoms with E-state index in [-0.39, 0.29) is 22.3 Å². The predicted octanol–water partition coefficient (Wildman–Crippen LogP) is 3.67. The van der Waals surface area contributed by atoms with E-state index in [2.05, 4.69) is 27.4 Å². The Morgan fingerprint density at radius 3 is 2.83 bits per heavy atom. The van der Waals surface area contributed by atoms with Crippen molar-refractivity contribution in [3.8, 4) is 0 Å². The summed E-state index contributed by atoms with van der Waals surface area (Å²) >= 11 is 1.09. The minimum atomic E-state index is -1.10. The molecule has 1 fully saturated rings. The number of piperidine rings is 1. The summed E-state index contributed by atoms with van der Waals surface area (Å²) in [6.45, 7) is 4.86. The Bertz CT molecular complexity index is 874. The van der Waals surface area contributed by atoms with E-state index in [4.69, 9.17) is 0 Å². The van der Waals surface area contributed by atoms with E-state index >= 15 is 0 Å². The first kappa shape index (κ1) is 21.3. The molecule has 1 aliphatic rings. The number of aromatic nitrogens is 1. The normalized spacial score (nSPS) is 17.1. The molecule has 1 aliphatic heterocycles. The van der Waals surface area contributed by atoms with Crippen LogP contribution in [-0.2, 0) is 0 Å². The molecule has 0 bridgehead atoms. The molecule has 9 heteroatoms. The van der Waals surface area contributed by atoms with Crippen molar-refractivity contribution in [2.45, 2.75) is 38.6 Å². The van der Waals surface area contributed by atoms with Crippen molar-refractivity contribution in [3.05, 3.63) is 46.5 Å². The summed E-state index contributed by atoms with van der Waals surface area (Å²) in [4.78, 5) is 30.9. The second-order valence-corrected chi connectivity index (χ2v) is 7.97. The Kier molecular flexibility index (Phi) is 7.27. The molecule has 0 aliphatic carbocycles. The highest BCUT2D eigenvalue weighted by molar-refractivity contribution is 7.14. The largest absolute Gasteiger partial charge is 0.351 e. The lowest BCUT2D eigenvalue weighted by Crippen LogP contribution is -2.39. The highest BCUT2D eigenvalue weighted by Gasteiger charge is 2.18. The van der Waals surface area contributed by atoms with Crippen LogP contribution in [0.5, 0.6) is 0 Å². The third kappa shape index (κ3) is 5.80. The van der Waals surface area contributed by atoms with Gasteiger partial charge < -0.3 is 10.2 Å². The van der Waals surface area contributed by atoms with Crippen LogP contribution >= 0.6 is 11.3 Å². The molecular formula is C20H24F2N4O2S. The Hall–Kier alpha value is -2.39. The van der Waals surface area contributed by atoms with Crippen molar-refractivity contribution in [2.24, 2.45) is 0 Å². The number of amides is 2. The van der Waals surface area contributed by atoms with Gasteiger partial charge in [-0.3, -0.25) is 14.9 Å². The summed E-state index contributed by atoms with van der Waals surface area (Å²) in [5.41, 5.74) is 0.180. The zero-order valence-corrected chi connectivity index (χ0v) is 17.0. The summed E-state index contributed by atoms with van der Waals surface area (Å²) < 4.78 is 26.2. The zero-order chi connectivity index (χ0) is 20.8. The molecule has 1 aromatic carbocycles. The molecule has 2 N–H and O–H groups in total. The van der Waals surface area contributed by atoms with Crippen LogP contribution in [0.3, 0.4) is 0 Å². The van der Waals surface area contributed by atoms with Gasteiger partial charge in [-0.15, -0.1) is 11.3 Å². The number of benzene rings is 1. The maximum Gasteiger partial charge on any atom is 0.270 e. The molecule has 2 heterocycles. The number of nitrogens with one attached hydrogen (secondary N) is 2. The van der Waals surface area contributed by atoms with Gasteiger partial charge in [-0.2, -0.15) is 0 Å². The lowest BCUT2D eigenvalue weighted by Gasteiger charge is -2.33. The van der Waals surface area contributed by atoms with Gasteiger partial charge in [-0.25, -0.2) is 13.8 Å². The van der Waals surface area contributed by atoms with Crippen LogP contribution in [-0.4, -0.2) is 47.4 Å². The van der Waals surface area contributed by atoms with Gasteiger partial charge in [0.05, 0.1) is 0 Å². The second kappa shape index (κ2) is 9.89. The number of rotatable bonds is 7. The minimum absolute atomic E-state index is 0.0305. The standard InChI is InChI=1S/C20H24F2N4O2S/c1-13-5-2-3-9-26(13)10-4-8-23-19(28)17-12-29-20(24-17)25-18(27)14-6-7-15(21)16(22)11-14/h6-7,11-13H,2-5,8-10H2,1H3,(H,23,28)(H,24,25,27)/t13-/m0/s1. The molecule has 0 saturated carbocycles. The number of likely N-dealkylation sites (tertiary alicyclic amines) is 1. The van der Waals surface area contributed by atoms with Crippen LogP contribution in [0, 0.1) is 11.6 Å². The first-order valence-electron chi connectivity index (χ1n) is 9.68. The van der Waals surface area contributed by atoms with E-state index in [1.54, 1.807) is 5.38 Å². The van der Waals surface area contributed by atoms with E-state index in [1.807, 2.05) is 0 Å². The van der Waals surface area contributed by atoms with E-state index < -0.39 is 17.5 Å². The topological polar surface area (TPSA) is 74.3 Å². The lowest BCUT2D eigenvalue weighted by molar-refractivity contribution is 0.0943. The van der Waals surface area contributed by atoms with Crippen LogP contribution < -0.4 is 10.6 Å². The molecule has 156 valence electrons. The van der Waals surface area contributed by atoms with Crippen molar-refractivity contribution in [3.63, 3.8) is 0 Å². The number of nitrogens with zero attached hydrogens (tertiary/aromatic N) is 2. The van der Waals surface area contributed by atoms with Crippen LogP contribution in [0.25, 0.3) is 0 Å². The maximum atomic E-state index is 13.3. The molecule has 3 rings (SSSR count). The third-order valence-electron chi connectivity index (χ3n) is 4.99. The van der Waals surface area contributed by atoms with Gasteiger partial charge in [0, 0.05) is 30.1 Å². The molecule has 1 aromatic heterocycles. The maximum absolute atomic E-state index is 13.3. The van der Waals surface area contributed by atoms with Gasteiger partial charge in [0.15, 0.2) is 16.8 Å². The Morgan fingerprint density at radius 2 is 2.07 bits per heavy atom. The highest BCUT2D eigenvalue weighted by atomic mass is 32.1. The summed E-state index contributed by atoms with van der Waals surface area (Å²) in [6.07, 6.45) is 4.60. The number of carbonyl (C=O) groups excluding carboxylic acids is 2. The van der Waals surface area contributed by atoms with Crippen LogP contribution in [0.2, 0.25) is 0 Å². The van der Waals surface area contributed by atoms with Gasteiger partial charge in [0.1, 0.15) is 5.69 Å². The summed E-state index contributed by atoms with van der Waals surface area (Å²) in [7, 11) is 0. The fourth-order valence-electron chi connectivity index (χ4n) is 3.31. The smallest absolute Gasteiger partial charge is 0.270 e. The zero-order valence-electron chi connectivity index (χ0n) is 16.2. The molecule has 29 heavy (non-hydrogen) atoms. The molecule has 1 atom stereocenters. The monoisotopic (exact) mass is 422 g/mol. The van der Waals surface area contributed by atoms with Gasteiger partial charge in [0.2, 0.25) is 0 Å². The molecule has 0 radical (unpaired) electrons. The van der Waals surface area contributed by atoms with Crippen molar-refractivity contribution >= 4 is 28.3 Å². The van der Waals surface area contributed by atoms with E-state index in [1.165, 1.54) is 25.3 Å². The fourth-order valence-corrected chi connectivity index (χ4v) is 3.99. The SMILES string of the molecule is C[C@H]1CCCCN1CCCNC(=O)c1csc(NC(=O)c2ccc(F)c(F)c2)n1. The van der Waals surface area contributed by atoms with Crippen molar-refractivity contribution < 1.29 is 18.4 Å². The highest BCUT2D eigenvalue weighted by Crippen LogP contribution is 2.18. The summed E-state index contributed by atoms with van der Waals surface area (Å²) in [5.74, 6) is -3.05. The van der Waals surface area contributed by atoms with Crippen LogP contribution in [0.4, 0.5) is 13.9 Å². The number of anilines is 1. The molecule has 2 amide bonds. The van der Waals surface area contributed by atoms with Crippen molar-refractivity contribution in [1.29, 1.82) is 0 Å². The average molecular weight is 423 g/mol. The van der Waals surface area contributed by atoms with Gasteiger partial charge in [0.25, 0.3) is 11.8 Å². The first-order valence-corrected chi connectivity index (χ1v) is 10.6. The lowest BCUT2D eigenvalue weighted by atomic mass is 10.0. The molecule has 0 unspecified atom stereocenters. The third-order valence-corrected chi connectivity index (χ3v) is 5.75. The molecule has 0 spiro atoms. The summed E-state index contributed by atoms with van der Waals surface area (Å²) in [6, 6.07) is 3.47. The van der Waals surface area contributed by atoms with Crippen LogP contribution in [0.1, 0.15) is 53.5 Å². The number of halogens is 2. The molecule has 2 aromatic rings. The molecule has 6 nitrogen and oxygen atoms in total. The van der Waals surface area contributed by atoms with Crippen molar-refractivity contribution in [1.82, 2.24) is 15.2 Å². The fraction of sp³-hybridized carbons (Fsp3) is 0.450. The van der Waals surface area contributed by atoms with E-state index in [0.29, 0.717) is 12.6 Å². The average Bonchev–Trinajstić information content (AvgIpc) is 3.17. The number of carbonyl (C=O) groups is 2.